The molecule has 0 aliphatic rings. The van der Waals surface area contributed by atoms with Gasteiger partial charge in [0.25, 0.3) is 0 Å². The second-order valence-corrected chi connectivity index (χ2v) is 13.5. The van der Waals surface area contributed by atoms with E-state index in [0.29, 0.717) is 0 Å². The summed E-state index contributed by atoms with van der Waals surface area (Å²) in [6.07, 6.45) is 0. The zero-order valence-electron chi connectivity index (χ0n) is 24.8. The highest BCUT2D eigenvalue weighted by Gasteiger charge is 2.21. The van der Waals surface area contributed by atoms with Crippen molar-refractivity contribution in [3.63, 3.8) is 0 Å². The molecule has 2 nitrogen and oxygen atoms in total. The number of aromatic nitrogens is 1. The van der Waals surface area contributed by atoms with E-state index in [1.54, 1.807) is 0 Å². The third-order valence-electron chi connectivity index (χ3n) is 8.82. The number of hydrogen-bond acceptors (Lipinski definition) is 2. The Labute approximate surface area is 279 Å². The van der Waals surface area contributed by atoms with Crippen molar-refractivity contribution in [2.45, 2.75) is 0 Å². The van der Waals surface area contributed by atoms with E-state index in [1.165, 1.54) is 47.5 Å². The Kier molecular flexibility index (Phi) is 6.51. The average molecular weight is 672 g/mol. The Morgan fingerprint density at radius 3 is 2.11 bits per heavy atom. The number of halogens is 1. The molecule has 0 saturated heterocycles. The molecule has 9 aromatic rings. The van der Waals surface area contributed by atoms with E-state index in [1.807, 2.05) is 11.3 Å². The van der Waals surface area contributed by atoms with Crippen molar-refractivity contribution in [1.29, 1.82) is 0 Å². The van der Waals surface area contributed by atoms with E-state index in [2.05, 4.69) is 189 Å². The van der Waals surface area contributed by atoms with Crippen LogP contribution >= 0.6 is 27.3 Å². The molecule has 0 atom stereocenters. The second kappa shape index (κ2) is 11.0. The molecular formula is C42H27BrN2S. The van der Waals surface area contributed by atoms with Gasteiger partial charge in [-0.25, -0.2) is 0 Å². The lowest BCUT2D eigenvalue weighted by atomic mass is 10.0. The van der Waals surface area contributed by atoms with E-state index < -0.39 is 0 Å². The molecule has 2 heterocycles. The van der Waals surface area contributed by atoms with Gasteiger partial charge >= 0.3 is 0 Å². The van der Waals surface area contributed by atoms with Crippen molar-refractivity contribution in [2.75, 3.05) is 4.90 Å². The summed E-state index contributed by atoms with van der Waals surface area (Å²) < 4.78 is 6.14. The van der Waals surface area contributed by atoms with Crippen molar-refractivity contribution >= 4 is 86.3 Å². The number of para-hydroxylation sites is 3. The highest BCUT2D eigenvalue weighted by Crippen LogP contribution is 2.46. The molecule has 0 N–H and O–H groups in total. The van der Waals surface area contributed by atoms with Crippen LogP contribution in [0.4, 0.5) is 17.1 Å². The van der Waals surface area contributed by atoms with E-state index in [9.17, 15) is 0 Å². The van der Waals surface area contributed by atoms with Gasteiger partial charge in [-0.3, -0.25) is 0 Å². The normalized spacial score (nSPS) is 11.6. The molecule has 9 rings (SSSR count). The molecule has 0 spiro atoms. The zero-order valence-corrected chi connectivity index (χ0v) is 27.2. The maximum Gasteiger partial charge on any atom is 0.0562 e. The minimum Gasteiger partial charge on any atom is -0.310 e. The summed E-state index contributed by atoms with van der Waals surface area (Å²) in [5.74, 6) is 0. The molecule has 218 valence electrons. The number of fused-ring (bicyclic) bond motifs is 7. The maximum atomic E-state index is 3.70. The highest BCUT2D eigenvalue weighted by molar-refractivity contribution is 9.10. The standard InChI is InChI=1S/C42H27BrN2S/c43-29-13-11-12-28(26-29)33-18-7-9-20-36(33)44(30-14-3-1-4-15-30)32-22-23-34-38(27-32)45(31-16-5-2-6-17-31)37-24-25-40-42(41(34)37)35-19-8-10-21-39(35)46-40/h1-27H. The molecule has 4 heteroatoms. The average Bonchev–Trinajstić information content (AvgIpc) is 3.65. The highest BCUT2D eigenvalue weighted by atomic mass is 79.9. The van der Waals surface area contributed by atoms with Gasteiger partial charge in [-0.05, 0) is 78.4 Å². The molecule has 0 radical (unpaired) electrons. The van der Waals surface area contributed by atoms with Crippen LogP contribution in [0, 0.1) is 0 Å². The van der Waals surface area contributed by atoms with Crippen LogP contribution in [0.5, 0.6) is 0 Å². The summed E-state index contributed by atoms with van der Waals surface area (Å²) in [4.78, 5) is 2.39. The van der Waals surface area contributed by atoms with E-state index in [-0.39, 0.29) is 0 Å². The van der Waals surface area contributed by atoms with Crippen LogP contribution in [0.25, 0.3) is 58.8 Å². The van der Waals surface area contributed by atoms with Crippen molar-refractivity contribution in [2.24, 2.45) is 0 Å². The Balaban J connectivity index is 1.37. The SMILES string of the molecule is Brc1cccc(-c2ccccc2N(c2ccccc2)c2ccc3c4c5c(ccc4n(-c4ccccc4)c3c2)sc2ccccc25)c1. The topological polar surface area (TPSA) is 8.17 Å². The Hall–Kier alpha value is -5.16. The largest absolute Gasteiger partial charge is 0.310 e. The predicted molar refractivity (Wildman–Crippen MR) is 201 cm³/mol. The summed E-state index contributed by atoms with van der Waals surface area (Å²) in [7, 11) is 0. The molecule has 2 aromatic heterocycles. The monoisotopic (exact) mass is 670 g/mol. The summed E-state index contributed by atoms with van der Waals surface area (Å²) in [6, 6.07) is 59.0. The van der Waals surface area contributed by atoms with Crippen LogP contribution in [0.1, 0.15) is 0 Å². The maximum absolute atomic E-state index is 3.70. The predicted octanol–water partition coefficient (Wildman–Crippen LogP) is 13.1. The van der Waals surface area contributed by atoms with Gasteiger partial charge in [-0.15, -0.1) is 11.3 Å². The van der Waals surface area contributed by atoms with Gasteiger partial charge in [0, 0.05) is 58.0 Å². The third-order valence-corrected chi connectivity index (χ3v) is 10.5. The van der Waals surface area contributed by atoms with E-state index in [0.717, 1.165) is 32.8 Å². The molecule has 0 saturated carbocycles. The van der Waals surface area contributed by atoms with Crippen LogP contribution in [-0.2, 0) is 0 Å². The van der Waals surface area contributed by atoms with Crippen molar-refractivity contribution < 1.29 is 0 Å². The number of rotatable bonds is 5. The summed E-state index contributed by atoms with van der Waals surface area (Å²) in [6.45, 7) is 0. The molecule has 0 bridgehead atoms. The van der Waals surface area contributed by atoms with Crippen molar-refractivity contribution in [1.82, 2.24) is 4.57 Å². The first-order valence-corrected chi connectivity index (χ1v) is 17.0. The number of benzene rings is 7. The van der Waals surface area contributed by atoms with Gasteiger partial charge in [0.2, 0.25) is 0 Å². The fourth-order valence-corrected chi connectivity index (χ4v) is 8.39. The molecule has 0 aliphatic carbocycles. The lowest BCUT2D eigenvalue weighted by molar-refractivity contribution is 1.18. The second-order valence-electron chi connectivity index (χ2n) is 11.5. The number of anilines is 3. The third kappa shape index (κ3) is 4.37. The van der Waals surface area contributed by atoms with E-state index >= 15 is 0 Å². The minimum atomic E-state index is 1.06. The van der Waals surface area contributed by atoms with Crippen molar-refractivity contribution in [3.05, 3.63) is 168 Å². The molecule has 0 fully saturated rings. The number of thiophene rings is 1. The van der Waals surface area contributed by atoms with Gasteiger partial charge in [0.1, 0.15) is 0 Å². The number of nitrogens with zero attached hydrogens (tertiary/aromatic N) is 2. The van der Waals surface area contributed by atoms with Crippen LogP contribution in [0.2, 0.25) is 0 Å². The molecule has 7 aromatic carbocycles. The Morgan fingerprint density at radius 1 is 0.500 bits per heavy atom. The first-order valence-electron chi connectivity index (χ1n) is 15.4. The zero-order chi connectivity index (χ0) is 30.6. The van der Waals surface area contributed by atoms with E-state index in [4.69, 9.17) is 0 Å². The van der Waals surface area contributed by atoms with Gasteiger partial charge in [-0.1, -0.05) is 107 Å². The lowest BCUT2D eigenvalue weighted by Gasteiger charge is -2.28. The summed E-state index contributed by atoms with van der Waals surface area (Å²) >= 11 is 5.57. The van der Waals surface area contributed by atoms with Gasteiger partial charge in [0.15, 0.2) is 0 Å². The van der Waals surface area contributed by atoms with Gasteiger partial charge in [-0.2, -0.15) is 0 Å². The Morgan fingerprint density at radius 2 is 1.26 bits per heavy atom. The first-order chi connectivity index (χ1) is 22.7. The number of hydrogen-bond donors (Lipinski definition) is 0. The lowest BCUT2D eigenvalue weighted by Crippen LogP contribution is -2.11. The fourth-order valence-electron chi connectivity index (χ4n) is 6.88. The minimum absolute atomic E-state index is 1.06. The molecule has 0 unspecified atom stereocenters. The van der Waals surface area contributed by atoms with Crippen LogP contribution < -0.4 is 4.90 Å². The van der Waals surface area contributed by atoms with Crippen LogP contribution in [0.15, 0.2) is 168 Å². The van der Waals surface area contributed by atoms with Gasteiger partial charge < -0.3 is 9.47 Å². The molecule has 0 amide bonds. The molecule has 46 heavy (non-hydrogen) atoms. The quantitative estimate of drug-likeness (QED) is 0.177. The van der Waals surface area contributed by atoms with Gasteiger partial charge in [0.05, 0.1) is 16.7 Å². The first kappa shape index (κ1) is 27.2. The molecule has 0 aliphatic heterocycles. The fraction of sp³-hybridized carbons (Fsp3) is 0. The van der Waals surface area contributed by atoms with Crippen molar-refractivity contribution in [3.8, 4) is 16.8 Å². The Bertz CT molecular complexity index is 2550. The molecular weight excluding hydrogens is 644 g/mol. The smallest absolute Gasteiger partial charge is 0.0562 e. The summed E-state index contributed by atoms with van der Waals surface area (Å²) in [5, 5.41) is 5.22. The van der Waals surface area contributed by atoms with Crippen LogP contribution in [0.3, 0.4) is 0 Å². The summed E-state index contributed by atoms with van der Waals surface area (Å²) in [5.41, 5.74) is 9.22. The van der Waals surface area contributed by atoms with Crippen LogP contribution in [-0.4, -0.2) is 4.57 Å².